The van der Waals surface area contributed by atoms with Gasteiger partial charge < -0.3 is 4.90 Å². The number of carbonyl (C=O) groups is 1. The van der Waals surface area contributed by atoms with Gasteiger partial charge in [0.15, 0.2) is 0 Å². The van der Waals surface area contributed by atoms with E-state index < -0.39 is 6.04 Å². The minimum absolute atomic E-state index is 0.108. The second kappa shape index (κ2) is 3.96. The molecule has 4 nitrogen and oxygen atoms in total. The number of carbonyl (C=O) groups excluding carboxylic acids is 1. The lowest BCUT2D eigenvalue weighted by Crippen LogP contribution is -2.25. The predicted molar refractivity (Wildman–Crippen MR) is 63.2 cm³/mol. The third-order valence-corrected chi connectivity index (χ3v) is 3.33. The van der Waals surface area contributed by atoms with Gasteiger partial charge >= 0.3 is 6.03 Å². The van der Waals surface area contributed by atoms with Crippen molar-refractivity contribution in [3.8, 4) is 0 Å². The monoisotopic (exact) mass is 257 g/mol. The minimum atomic E-state index is -0.487. The molecule has 2 amide bonds. The summed E-state index contributed by atoms with van der Waals surface area (Å²) in [5.74, 6) is 0.108. The Hall–Kier alpha value is -1.26. The van der Waals surface area contributed by atoms with Crippen LogP contribution in [0.1, 0.15) is 11.6 Å². The highest BCUT2D eigenvalue weighted by Crippen LogP contribution is 2.34. The van der Waals surface area contributed by atoms with E-state index in [4.69, 9.17) is 28.6 Å². The normalized spacial score (nSPS) is 20.2. The highest BCUT2D eigenvalue weighted by Gasteiger charge is 2.35. The van der Waals surface area contributed by atoms with E-state index in [2.05, 4.69) is 5.32 Å². The van der Waals surface area contributed by atoms with Crippen LogP contribution in [0, 0.1) is 5.41 Å². The second-order valence-corrected chi connectivity index (χ2v) is 4.29. The van der Waals surface area contributed by atoms with E-state index in [1.807, 2.05) is 0 Å². The zero-order valence-corrected chi connectivity index (χ0v) is 9.93. The Bertz CT molecular complexity index is 475. The predicted octanol–water partition coefficient (Wildman–Crippen LogP) is 2.67. The molecule has 1 aromatic carbocycles. The van der Waals surface area contributed by atoms with Crippen molar-refractivity contribution in [2.24, 2.45) is 0 Å². The van der Waals surface area contributed by atoms with E-state index in [0.29, 0.717) is 15.6 Å². The van der Waals surface area contributed by atoms with Crippen LogP contribution in [-0.4, -0.2) is 23.8 Å². The van der Waals surface area contributed by atoms with Crippen LogP contribution in [0.25, 0.3) is 0 Å². The first-order chi connectivity index (χ1) is 7.52. The molecule has 0 aliphatic carbocycles. The maximum absolute atomic E-state index is 11.4. The summed E-state index contributed by atoms with van der Waals surface area (Å²) in [5.41, 5.74) is 0.653. The Morgan fingerprint density at radius 3 is 2.69 bits per heavy atom. The summed E-state index contributed by atoms with van der Waals surface area (Å²) in [6.07, 6.45) is 0. The van der Waals surface area contributed by atoms with Gasteiger partial charge in [-0.15, -0.1) is 0 Å². The lowest BCUT2D eigenvalue weighted by atomic mass is 10.1. The number of likely N-dealkylation sites (N-methyl/N-ethyl adjacent to an activating group) is 1. The molecule has 6 heteroatoms. The molecule has 1 unspecified atom stereocenters. The molecule has 84 valence electrons. The van der Waals surface area contributed by atoms with Crippen LogP contribution in [-0.2, 0) is 0 Å². The van der Waals surface area contributed by atoms with Gasteiger partial charge in [0.25, 0.3) is 0 Å². The minimum Gasteiger partial charge on any atom is -0.313 e. The van der Waals surface area contributed by atoms with Crippen LogP contribution in [0.4, 0.5) is 4.79 Å². The number of hydrogen-bond acceptors (Lipinski definition) is 2. The number of halogens is 2. The molecule has 1 heterocycles. The first kappa shape index (κ1) is 11.2. The number of nitrogens with zero attached hydrogens (tertiary/aromatic N) is 1. The van der Waals surface area contributed by atoms with Gasteiger partial charge in [-0.25, -0.2) is 4.79 Å². The second-order valence-electron chi connectivity index (χ2n) is 3.50. The van der Waals surface area contributed by atoms with E-state index in [9.17, 15) is 4.79 Å². The molecule has 0 saturated carbocycles. The molecule has 16 heavy (non-hydrogen) atoms. The molecule has 1 atom stereocenters. The van der Waals surface area contributed by atoms with E-state index in [-0.39, 0.29) is 11.9 Å². The molecule has 1 aliphatic heterocycles. The fourth-order valence-electron chi connectivity index (χ4n) is 1.68. The van der Waals surface area contributed by atoms with E-state index in [0.717, 1.165) is 0 Å². The third kappa shape index (κ3) is 1.64. The van der Waals surface area contributed by atoms with Gasteiger partial charge in [0, 0.05) is 12.6 Å². The molecule has 1 aliphatic rings. The van der Waals surface area contributed by atoms with Crippen LogP contribution in [0.2, 0.25) is 10.0 Å². The quantitative estimate of drug-likeness (QED) is 0.799. The maximum atomic E-state index is 11.4. The number of nitrogens with one attached hydrogen (secondary N) is 2. The molecule has 0 aromatic heterocycles. The lowest BCUT2D eigenvalue weighted by molar-refractivity contribution is 0.217. The summed E-state index contributed by atoms with van der Waals surface area (Å²) in [6, 6.07) is 4.36. The number of hydrogen-bond donors (Lipinski definition) is 2. The van der Waals surface area contributed by atoms with Gasteiger partial charge in [-0.1, -0.05) is 35.3 Å². The van der Waals surface area contributed by atoms with Crippen LogP contribution in [0.5, 0.6) is 0 Å². The largest absolute Gasteiger partial charge is 0.323 e. The van der Waals surface area contributed by atoms with Crippen molar-refractivity contribution in [1.82, 2.24) is 10.2 Å². The van der Waals surface area contributed by atoms with Gasteiger partial charge in [0.2, 0.25) is 0 Å². The topological polar surface area (TPSA) is 56.2 Å². The van der Waals surface area contributed by atoms with Gasteiger partial charge in [0.1, 0.15) is 11.9 Å². The Balaban J connectivity index is 2.48. The number of urea groups is 1. The Labute approximate surface area is 103 Å². The van der Waals surface area contributed by atoms with Crippen molar-refractivity contribution in [1.29, 1.82) is 5.41 Å². The molecule has 2 N–H and O–H groups in total. The maximum Gasteiger partial charge on any atom is 0.323 e. The van der Waals surface area contributed by atoms with Gasteiger partial charge in [0.05, 0.1) is 10.0 Å². The Morgan fingerprint density at radius 1 is 1.44 bits per heavy atom. The Morgan fingerprint density at radius 2 is 2.12 bits per heavy atom. The summed E-state index contributed by atoms with van der Waals surface area (Å²) in [5, 5.41) is 10.9. The smallest absolute Gasteiger partial charge is 0.313 e. The van der Waals surface area contributed by atoms with E-state index in [1.54, 1.807) is 25.2 Å². The SMILES string of the molecule is CN1C(=O)NC(=N)C1c1cccc(Cl)c1Cl. The highest BCUT2D eigenvalue weighted by atomic mass is 35.5. The third-order valence-electron chi connectivity index (χ3n) is 2.50. The van der Waals surface area contributed by atoms with E-state index >= 15 is 0 Å². The molecule has 2 rings (SSSR count). The number of rotatable bonds is 1. The first-order valence-corrected chi connectivity index (χ1v) is 5.34. The summed E-state index contributed by atoms with van der Waals surface area (Å²) in [6.45, 7) is 0. The lowest BCUT2D eigenvalue weighted by Gasteiger charge is -2.19. The first-order valence-electron chi connectivity index (χ1n) is 4.58. The van der Waals surface area contributed by atoms with Crippen LogP contribution < -0.4 is 5.32 Å². The highest BCUT2D eigenvalue weighted by molar-refractivity contribution is 6.42. The van der Waals surface area contributed by atoms with Crippen molar-refractivity contribution in [2.75, 3.05) is 7.05 Å². The molecule has 0 radical (unpaired) electrons. The van der Waals surface area contributed by atoms with Gasteiger partial charge in [-0.2, -0.15) is 0 Å². The summed E-state index contributed by atoms with van der Waals surface area (Å²) in [4.78, 5) is 12.8. The number of benzene rings is 1. The van der Waals surface area contributed by atoms with Gasteiger partial charge in [-0.3, -0.25) is 10.7 Å². The average Bonchev–Trinajstić information content (AvgIpc) is 2.47. The van der Waals surface area contributed by atoms with Crippen molar-refractivity contribution < 1.29 is 4.79 Å². The molecule has 1 aromatic rings. The van der Waals surface area contributed by atoms with Crippen LogP contribution in [0.15, 0.2) is 18.2 Å². The molecule has 0 bridgehead atoms. The van der Waals surface area contributed by atoms with Crippen molar-refractivity contribution in [3.63, 3.8) is 0 Å². The van der Waals surface area contributed by atoms with E-state index in [1.165, 1.54) is 4.90 Å². The molecular weight excluding hydrogens is 249 g/mol. The summed E-state index contributed by atoms with van der Waals surface area (Å²) in [7, 11) is 1.61. The number of amidine groups is 1. The van der Waals surface area contributed by atoms with Gasteiger partial charge in [-0.05, 0) is 6.07 Å². The summed E-state index contributed by atoms with van der Waals surface area (Å²) >= 11 is 12.0. The average molecular weight is 258 g/mol. The zero-order valence-electron chi connectivity index (χ0n) is 8.42. The Kier molecular flexibility index (Phi) is 2.78. The van der Waals surface area contributed by atoms with Crippen LogP contribution in [0.3, 0.4) is 0 Å². The molecule has 0 spiro atoms. The van der Waals surface area contributed by atoms with Crippen molar-refractivity contribution >= 4 is 35.1 Å². The number of amides is 2. The zero-order chi connectivity index (χ0) is 11.9. The van der Waals surface area contributed by atoms with Crippen molar-refractivity contribution in [2.45, 2.75) is 6.04 Å². The fraction of sp³-hybridized carbons (Fsp3) is 0.200. The van der Waals surface area contributed by atoms with Crippen LogP contribution >= 0.6 is 23.2 Å². The van der Waals surface area contributed by atoms with Crippen molar-refractivity contribution in [3.05, 3.63) is 33.8 Å². The standard InChI is InChI=1S/C10H9Cl2N3O/c1-15-8(9(13)14-10(15)16)5-3-2-4-6(11)7(5)12/h2-4,8H,1H3,(H2,13,14,16). The fourth-order valence-corrected chi connectivity index (χ4v) is 2.09. The summed E-state index contributed by atoms with van der Waals surface area (Å²) < 4.78 is 0. The molecular formula is C10H9Cl2N3O. The molecule has 1 saturated heterocycles. The molecule has 1 fully saturated rings.